The Morgan fingerprint density at radius 3 is 2.81 bits per heavy atom. The van der Waals surface area contributed by atoms with E-state index in [-0.39, 0.29) is 24.3 Å². The summed E-state index contributed by atoms with van der Waals surface area (Å²) in [6, 6.07) is 10.7. The molecule has 110 valence electrons. The molecule has 0 radical (unpaired) electrons. The first-order valence-corrected chi connectivity index (χ1v) is 6.71. The second kappa shape index (κ2) is 5.88. The van der Waals surface area contributed by atoms with Crippen molar-refractivity contribution in [3.8, 4) is 11.5 Å². The summed E-state index contributed by atoms with van der Waals surface area (Å²) in [5, 5.41) is 2.76. The molecular formula is C15H16N2O4. The molecule has 21 heavy (non-hydrogen) atoms. The number of hydrogen-bond acceptors (Lipinski definition) is 5. The van der Waals surface area contributed by atoms with E-state index in [1.165, 1.54) is 0 Å². The molecule has 1 aliphatic rings. The van der Waals surface area contributed by atoms with Crippen molar-refractivity contribution in [3.05, 3.63) is 47.9 Å². The van der Waals surface area contributed by atoms with E-state index >= 15 is 0 Å². The molecule has 6 heteroatoms. The highest BCUT2D eigenvalue weighted by Gasteiger charge is 2.21. The summed E-state index contributed by atoms with van der Waals surface area (Å²) in [5.41, 5.74) is 5.44. The summed E-state index contributed by atoms with van der Waals surface area (Å²) in [7, 11) is 0. The van der Waals surface area contributed by atoms with Crippen LogP contribution in [0.15, 0.2) is 40.8 Å². The first-order chi connectivity index (χ1) is 10.3. The Morgan fingerprint density at radius 1 is 1.24 bits per heavy atom. The van der Waals surface area contributed by atoms with Crippen LogP contribution in [0.25, 0.3) is 0 Å². The number of furan rings is 1. The van der Waals surface area contributed by atoms with Gasteiger partial charge in [-0.2, -0.15) is 0 Å². The number of carbonyl (C=O) groups is 1. The van der Waals surface area contributed by atoms with E-state index in [1.807, 2.05) is 24.3 Å². The van der Waals surface area contributed by atoms with Gasteiger partial charge < -0.3 is 24.9 Å². The standard InChI is InChI=1S/C15H16N2O4/c16-7-10-5-6-14(20-10)15(18)17-8-11-9-19-12-3-1-2-4-13(12)21-11/h1-6,11H,7-9,16H2,(H,17,18). The fourth-order valence-electron chi connectivity index (χ4n) is 2.07. The van der Waals surface area contributed by atoms with Crippen LogP contribution in [0.4, 0.5) is 0 Å². The van der Waals surface area contributed by atoms with Crippen LogP contribution in [0, 0.1) is 0 Å². The molecule has 3 N–H and O–H groups in total. The van der Waals surface area contributed by atoms with Gasteiger partial charge in [-0.3, -0.25) is 4.79 Å². The lowest BCUT2D eigenvalue weighted by molar-refractivity contribution is 0.0772. The molecule has 1 unspecified atom stereocenters. The highest BCUT2D eigenvalue weighted by atomic mass is 16.6. The average Bonchev–Trinajstić information content (AvgIpc) is 3.01. The molecule has 0 saturated carbocycles. The third-order valence-corrected chi connectivity index (χ3v) is 3.14. The smallest absolute Gasteiger partial charge is 0.287 e. The number of nitrogens with one attached hydrogen (secondary N) is 1. The van der Waals surface area contributed by atoms with E-state index in [0.29, 0.717) is 24.7 Å². The second-order valence-electron chi connectivity index (χ2n) is 4.68. The number of carbonyl (C=O) groups excluding carboxylic acids is 1. The Balaban J connectivity index is 1.55. The van der Waals surface area contributed by atoms with Crippen LogP contribution < -0.4 is 20.5 Å². The Morgan fingerprint density at radius 2 is 2.05 bits per heavy atom. The van der Waals surface area contributed by atoms with Gasteiger partial charge in [0.15, 0.2) is 17.3 Å². The predicted octanol–water partition coefficient (Wildman–Crippen LogP) is 1.31. The molecule has 1 amide bonds. The van der Waals surface area contributed by atoms with Crippen LogP contribution >= 0.6 is 0 Å². The highest BCUT2D eigenvalue weighted by Crippen LogP contribution is 2.30. The molecule has 1 aromatic heterocycles. The number of para-hydroxylation sites is 2. The normalized spacial score (nSPS) is 16.5. The maximum atomic E-state index is 11.9. The zero-order chi connectivity index (χ0) is 14.7. The summed E-state index contributed by atoms with van der Waals surface area (Å²) in [6.07, 6.45) is -0.229. The van der Waals surface area contributed by atoms with Gasteiger partial charge in [-0.15, -0.1) is 0 Å². The zero-order valence-electron chi connectivity index (χ0n) is 11.4. The molecule has 0 bridgehead atoms. The first kappa shape index (κ1) is 13.5. The maximum Gasteiger partial charge on any atom is 0.287 e. The summed E-state index contributed by atoms with van der Waals surface area (Å²) in [5.74, 6) is 1.93. The third kappa shape index (κ3) is 3.00. The fourth-order valence-corrected chi connectivity index (χ4v) is 2.07. The molecule has 0 saturated heterocycles. The van der Waals surface area contributed by atoms with Crippen LogP contribution in [0.3, 0.4) is 0 Å². The minimum atomic E-state index is -0.294. The van der Waals surface area contributed by atoms with Crippen molar-refractivity contribution in [2.75, 3.05) is 13.2 Å². The van der Waals surface area contributed by atoms with Crippen LogP contribution in [-0.2, 0) is 6.54 Å². The molecule has 0 fully saturated rings. The van der Waals surface area contributed by atoms with Gasteiger partial charge in [0.25, 0.3) is 5.91 Å². The molecule has 1 aromatic carbocycles. The Kier molecular flexibility index (Phi) is 3.79. The van der Waals surface area contributed by atoms with Gasteiger partial charge in [-0.25, -0.2) is 0 Å². The van der Waals surface area contributed by atoms with Gasteiger partial charge in [0.1, 0.15) is 18.5 Å². The average molecular weight is 288 g/mol. The first-order valence-electron chi connectivity index (χ1n) is 6.71. The third-order valence-electron chi connectivity index (χ3n) is 3.14. The number of benzene rings is 1. The molecule has 6 nitrogen and oxygen atoms in total. The number of amides is 1. The Bertz CT molecular complexity index is 638. The zero-order valence-corrected chi connectivity index (χ0v) is 11.4. The predicted molar refractivity (Wildman–Crippen MR) is 75.3 cm³/mol. The van der Waals surface area contributed by atoms with Gasteiger partial charge in [-0.1, -0.05) is 12.1 Å². The maximum absolute atomic E-state index is 11.9. The molecule has 3 rings (SSSR count). The van der Waals surface area contributed by atoms with Crippen molar-refractivity contribution in [1.82, 2.24) is 5.32 Å². The lowest BCUT2D eigenvalue weighted by Crippen LogP contribution is -2.40. The summed E-state index contributed by atoms with van der Waals surface area (Å²) < 4.78 is 16.6. The fraction of sp³-hybridized carbons (Fsp3) is 0.267. The second-order valence-corrected chi connectivity index (χ2v) is 4.68. The largest absolute Gasteiger partial charge is 0.486 e. The Labute approximate surface area is 121 Å². The topological polar surface area (TPSA) is 86.7 Å². The van der Waals surface area contributed by atoms with E-state index in [2.05, 4.69) is 5.32 Å². The monoisotopic (exact) mass is 288 g/mol. The van der Waals surface area contributed by atoms with Gasteiger partial charge in [0, 0.05) is 0 Å². The van der Waals surface area contributed by atoms with E-state index in [0.717, 1.165) is 5.75 Å². The minimum Gasteiger partial charge on any atom is -0.486 e. The molecule has 0 aliphatic carbocycles. The van der Waals surface area contributed by atoms with E-state index in [9.17, 15) is 4.79 Å². The summed E-state index contributed by atoms with van der Waals surface area (Å²) in [6.45, 7) is 0.999. The Hall–Kier alpha value is -2.47. The van der Waals surface area contributed by atoms with Crippen LogP contribution in [0.5, 0.6) is 11.5 Å². The van der Waals surface area contributed by atoms with Crippen molar-refractivity contribution in [2.24, 2.45) is 5.73 Å². The molecule has 0 spiro atoms. The number of fused-ring (bicyclic) bond motifs is 1. The molecule has 1 aliphatic heterocycles. The van der Waals surface area contributed by atoms with Crippen LogP contribution in [0.2, 0.25) is 0 Å². The number of nitrogens with two attached hydrogens (primary N) is 1. The van der Waals surface area contributed by atoms with Crippen molar-refractivity contribution in [2.45, 2.75) is 12.6 Å². The van der Waals surface area contributed by atoms with Crippen molar-refractivity contribution < 1.29 is 18.7 Å². The van der Waals surface area contributed by atoms with E-state index < -0.39 is 0 Å². The lowest BCUT2D eigenvalue weighted by Gasteiger charge is -2.26. The van der Waals surface area contributed by atoms with Gasteiger partial charge in [0.05, 0.1) is 13.1 Å². The molecule has 1 atom stereocenters. The van der Waals surface area contributed by atoms with Gasteiger partial charge in [-0.05, 0) is 24.3 Å². The molecule has 2 aromatic rings. The lowest BCUT2D eigenvalue weighted by atomic mass is 10.2. The van der Waals surface area contributed by atoms with E-state index in [4.69, 9.17) is 19.6 Å². The van der Waals surface area contributed by atoms with Gasteiger partial charge in [0.2, 0.25) is 0 Å². The quantitative estimate of drug-likeness (QED) is 0.885. The number of hydrogen-bond donors (Lipinski definition) is 2. The van der Waals surface area contributed by atoms with Crippen molar-refractivity contribution in [1.29, 1.82) is 0 Å². The number of ether oxygens (including phenoxy) is 2. The summed E-state index contributed by atoms with van der Waals surface area (Å²) in [4.78, 5) is 11.9. The SMILES string of the molecule is NCc1ccc(C(=O)NCC2COc3ccccc3O2)o1. The van der Waals surface area contributed by atoms with Crippen molar-refractivity contribution >= 4 is 5.91 Å². The van der Waals surface area contributed by atoms with Crippen molar-refractivity contribution in [3.63, 3.8) is 0 Å². The minimum absolute atomic E-state index is 0.229. The van der Waals surface area contributed by atoms with Crippen LogP contribution in [-0.4, -0.2) is 25.2 Å². The molecular weight excluding hydrogens is 272 g/mol. The highest BCUT2D eigenvalue weighted by molar-refractivity contribution is 5.91. The number of rotatable bonds is 4. The summed E-state index contributed by atoms with van der Waals surface area (Å²) >= 11 is 0. The van der Waals surface area contributed by atoms with E-state index in [1.54, 1.807) is 12.1 Å². The van der Waals surface area contributed by atoms with Gasteiger partial charge >= 0.3 is 0 Å². The van der Waals surface area contributed by atoms with Crippen LogP contribution in [0.1, 0.15) is 16.3 Å². The molecule has 2 heterocycles.